The van der Waals surface area contributed by atoms with Crippen molar-refractivity contribution in [3.05, 3.63) is 58.7 Å². The normalized spacial score (nSPS) is 22.7. The van der Waals surface area contributed by atoms with Crippen LogP contribution in [0.2, 0.25) is 0 Å². The van der Waals surface area contributed by atoms with Gasteiger partial charge in [-0.2, -0.15) is 8.42 Å². The van der Waals surface area contributed by atoms with Crippen molar-refractivity contribution in [1.29, 1.82) is 0 Å². The molecule has 0 fully saturated rings. The molecule has 4 rings (SSSR count). The molecule has 1 amide bonds. The molecule has 0 radical (unpaired) electrons. The summed E-state index contributed by atoms with van der Waals surface area (Å²) in [5, 5.41) is 11.4. The molecule has 1 N–H and O–H groups in total. The van der Waals surface area contributed by atoms with Gasteiger partial charge in [0.1, 0.15) is 18.5 Å². The number of hydrogen-bond donors (Lipinski definition) is 1. The van der Waals surface area contributed by atoms with Crippen molar-refractivity contribution >= 4 is 21.7 Å². The Balaban J connectivity index is 1.75. The van der Waals surface area contributed by atoms with Crippen molar-refractivity contribution in [2.24, 2.45) is 0 Å². The van der Waals surface area contributed by atoms with Crippen LogP contribution in [0.1, 0.15) is 35.6 Å². The van der Waals surface area contributed by atoms with Gasteiger partial charge in [0.25, 0.3) is 16.0 Å². The highest BCUT2D eigenvalue weighted by Crippen LogP contribution is 2.52. The number of aliphatic hydroxyl groups is 1. The zero-order valence-corrected chi connectivity index (χ0v) is 18.0. The third-order valence-electron chi connectivity index (χ3n) is 5.70. The number of aryl methyl sites for hydroxylation is 1. The summed E-state index contributed by atoms with van der Waals surface area (Å²) in [5.41, 5.74) is 2.12. The lowest BCUT2D eigenvalue weighted by Gasteiger charge is -2.22. The molecule has 160 valence electrons. The van der Waals surface area contributed by atoms with Gasteiger partial charge in [-0.3, -0.25) is 8.98 Å². The first kappa shape index (κ1) is 20.8. The Kier molecular flexibility index (Phi) is 5.12. The van der Waals surface area contributed by atoms with Gasteiger partial charge in [-0.05, 0) is 30.0 Å². The number of amides is 1. The first-order valence-corrected chi connectivity index (χ1v) is 11.7. The quantitative estimate of drug-likeness (QED) is 0.706. The van der Waals surface area contributed by atoms with E-state index in [1.165, 1.54) is 0 Å². The van der Waals surface area contributed by atoms with Gasteiger partial charge >= 0.3 is 0 Å². The van der Waals surface area contributed by atoms with Crippen LogP contribution in [0.5, 0.6) is 5.75 Å². The van der Waals surface area contributed by atoms with Crippen LogP contribution in [0, 0.1) is 6.92 Å². The summed E-state index contributed by atoms with van der Waals surface area (Å²) in [6.07, 6.45) is 1.15. The summed E-state index contributed by atoms with van der Waals surface area (Å²) < 4.78 is 33.6. The van der Waals surface area contributed by atoms with Crippen LogP contribution in [0.25, 0.3) is 0 Å². The highest BCUT2D eigenvalue weighted by Gasteiger charge is 2.52. The molecule has 0 aromatic heterocycles. The van der Waals surface area contributed by atoms with E-state index in [9.17, 15) is 18.3 Å². The predicted octanol–water partition coefficient (Wildman–Crippen LogP) is 2.42. The van der Waals surface area contributed by atoms with Gasteiger partial charge in [0, 0.05) is 6.42 Å². The van der Waals surface area contributed by atoms with E-state index in [0.717, 1.165) is 22.9 Å². The summed E-state index contributed by atoms with van der Waals surface area (Å²) >= 11 is 0. The lowest BCUT2D eigenvalue weighted by Crippen LogP contribution is -2.39. The fourth-order valence-corrected chi connectivity index (χ4v) is 4.70. The number of anilines is 1. The molecule has 8 heteroatoms. The maximum Gasteiger partial charge on any atom is 0.264 e. The maximum atomic E-state index is 13.3. The Hall–Kier alpha value is -2.42. The lowest BCUT2D eigenvalue weighted by molar-refractivity contribution is -0.136. The Bertz CT molecular complexity index is 1100. The van der Waals surface area contributed by atoms with Crippen molar-refractivity contribution < 1.29 is 27.2 Å². The zero-order chi connectivity index (χ0) is 21.7. The highest BCUT2D eigenvalue weighted by atomic mass is 32.2. The molecule has 2 heterocycles. The molecule has 30 heavy (non-hydrogen) atoms. The second kappa shape index (κ2) is 7.37. The summed E-state index contributed by atoms with van der Waals surface area (Å²) in [6, 6.07) is 11.6. The standard InChI is InChI=1S/C22H25NO6S/c1-4-22(25)18-19(23(21(22)24)12-15-8-6-5-7-9-15)14(2)10-16-11-17(29-20(16)18)13-28-30(3,26)27/h5-10,17,25H,4,11-13H2,1-3H3. The lowest BCUT2D eigenvalue weighted by atomic mass is 9.89. The molecule has 2 aliphatic heterocycles. The fraction of sp³-hybridized carbons (Fsp3) is 0.409. The summed E-state index contributed by atoms with van der Waals surface area (Å²) in [5.74, 6) is 0.0887. The second-order valence-electron chi connectivity index (χ2n) is 7.93. The fourth-order valence-electron chi connectivity index (χ4n) is 4.30. The minimum atomic E-state index is -3.59. The maximum absolute atomic E-state index is 13.3. The van der Waals surface area contributed by atoms with Crippen molar-refractivity contribution in [3.63, 3.8) is 0 Å². The molecular formula is C22H25NO6S. The third-order valence-corrected chi connectivity index (χ3v) is 6.26. The number of ether oxygens (including phenoxy) is 1. The van der Waals surface area contributed by atoms with E-state index in [1.54, 1.807) is 11.8 Å². The minimum absolute atomic E-state index is 0.117. The van der Waals surface area contributed by atoms with E-state index >= 15 is 0 Å². The molecule has 2 aromatic rings. The molecule has 0 spiro atoms. The number of nitrogens with zero attached hydrogens (tertiary/aromatic N) is 1. The van der Waals surface area contributed by atoms with Gasteiger partial charge in [-0.15, -0.1) is 0 Å². The Morgan fingerprint density at radius 3 is 2.63 bits per heavy atom. The molecule has 0 saturated carbocycles. The SMILES string of the molecule is CCC1(O)C(=O)N(Cc2ccccc2)c2c(C)cc3c(c21)OC(COS(C)(=O)=O)C3. The van der Waals surface area contributed by atoms with Crippen molar-refractivity contribution in [2.75, 3.05) is 17.8 Å². The first-order chi connectivity index (χ1) is 14.1. The van der Waals surface area contributed by atoms with Gasteiger partial charge in [-0.25, -0.2) is 0 Å². The van der Waals surface area contributed by atoms with E-state index in [0.29, 0.717) is 30.0 Å². The van der Waals surface area contributed by atoms with E-state index in [-0.39, 0.29) is 18.9 Å². The average molecular weight is 432 g/mol. The minimum Gasteiger partial charge on any atom is -0.487 e. The van der Waals surface area contributed by atoms with Crippen LogP contribution in [-0.4, -0.2) is 38.4 Å². The Labute approximate surface area is 176 Å². The van der Waals surface area contributed by atoms with E-state index in [2.05, 4.69) is 0 Å². The number of fused-ring (bicyclic) bond motifs is 3. The van der Waals surface area contributed by atoms with Crippen LogP contribution in [0.4, 0.5) is 5.69 Å². The van der Waals surface area contributed by atoms with Gasteiger partial charge < -0.3 is 14.7 Å². The summed E-state index contributed by atoms with van der Waals surface area (Å²) in [4.78, 5) is 14.9. The number of carbonyl (C=O) groups excluding carboxylic acids is 1. The number of rotatable bonds is 6. The van der Waals surface area contributed by atoms with Gasteiger partial charge in [0.15, 0.2) is 5.60 Å². The second-order valence-corrected chi connectivity index (χ2v) is 9.57. The van der Waals surface area contributed by atoms with Gasteiger partial charge in [0.05, 0.1) is 24.1 Å². The Morgan fingerprint density at radius 1 is 1.30 bits per heavy atom. The van der Waals surface area contributed by atoms with E-state index < -0.39 is 21.8 Å². The number of hydrogen-bond acceptors (Lipinski definition) is 6. The summed E-state index contributed by atoms with van der Waals surface area (Å²) in [7, 11) is -3.59. The van der Waals surface area contributed by atoms with E-state index in [4.69, 9.17) is 8.92 Å². The smallest absolute Gasteiger partial charge is 0.264 e. The molecule has 2 unspecified atom stereocenters. The van der Waals surface area contributed by atoms with Crippen LogP contribution in [0.3, 0.4) is 0 Å². The van der Waals surface area contributed by atoms with Crippen molar-refractivity contribution in [2.45, 2.75) is 44.9 Å². The van der Waals surface area contributed by atoms with Crippen molar-refractivity contribution in [3.8, 4) is 5.75 Å². The topological polar surface area (TPSA) is 93.1 Å². The molecule has 2 aliphatic rings. The third kappa shape index (κ3) is 3.49. The van der Waals surface area contributed by atoms with Crippen LogP contribution in [-0.2, 0) is 37.7 Å². The molecule has 0 bridgehead atoms. The molecular weight excluding hydrogens is 406 g/mol. The highest BCUT2D eigenvalue weighted by molar-refractivity contribution is 7.85. The molecule has 2 aromatic carbocycles. The first-order valence-electron chi connectivity index (χ1n) is 9.90. The van der Waals surface area contributed by atoms with Gasteiger partial charge in [-0.1, -0.05) is 43.3 Å². The predicted molar refractivity (Wildman–Crippen MR) is 112 cm³/mol. The largest absolute Gasteiger partial charge is 0.487 e. The zero-order valence-electron chi connectivity index (χ0n) is 17.2. The van der Waals surface area contributed by atoms with Crippen LogP contribution >= 0.6 is 0 Å². The number of benzene rings is 2. The van der Waals surface area contributed by atoms with Crippen molar-refractivity contribution in [1.82, 2.24) is 0 Å². The monoisotopic (exact) mass is 431 g/mol. The van der Waals surface area contributed by atoms with E-state index in [1.807, 2.05) is 43.3 Å². The van der Waals surface area contributed by atoms with Crippen LogP contribution < -0.4 is 9.64 Å². The van der Waals surface area contributed by atoms with Crippen LogP contribution in [0.15, 0.2) is 36.4 Å². The Morgan fingerprint density at radius 2 is 2.00 bits per heavy atom. The molecule has 0 aliphatic carbocycles. The molecule has 0 saturated heterocycles. The molecule has 2 atom stereocenters. The number of carbonyl (C=O) groups is 1. The summed E-state index contributed by atoms with van der Waals surface area (Å²) in [6.45, 7) is 3.90. The molecule has 7 nitrogen and oxygen atoms in total. The van der Waals surface area contributed by atoms with Gasteiger partial charge in [0.2, 0.25) is 0 Å². The average Bonchev–Trinajstić information content (AvgIpc) is 3.20.